The molecule has 1 fully saturated rings. The molecule has 4 rings (SSSR count). The Bertz CT molecular complexity index is 724. The number of hydrogen-bond donors (Lipinski definition) is 1. The molecule has 0 radical (unpaired) electrons. The van der Waals surface area contributed by atoms with Crippen LogP contribution in [0.4, 0.5) is 0 Å². The highest BCUT2D eigenvalue weighted by molar-refractivity contribution is 5.47. The molecule has 2 aliphatic heterocycles. The fourth-order valence-electron chi connectivity index (χ4n) is 3.55. The predicted octanol–water partition coefficient (Wildman–Crippen LogP) is 2.52. The summed E-state index contributed by atoms with van der Waals surface area (Å²) in [5.74, 6) is 3.65. The number of benzene rings is 1. The molecule has 2 aliphatic rings. The first-order valence-electron chi connectivity index (χ1n) is 9.27. The van der Waals surface area contributed by atoms with Crippen LogP contribution in [0.1, 0.15) is 23.1 Å². The van der Waals surface area contributed by atoms with Gasteiger partial charge in [-0.1, -0.05) is 12.1 Å². The third-order valence-corrected chi connectivity index (χ3v) is 4.88. The van der Waals surface area contributed by atoms with Crippen LogP contribution in [0.15, 0.2) is 34.7 Å². The molecule has 0 saturated carbocycles. The van der Waals surface area contributed by atoms with Gasteiger partial charge in [0, 0.05) is 31.7 Å². The van der Waals surface area contributed by atoms with Crippen LogP contribution in [0.25, 0.3) is 0 Å². The Morgan fingerprint density at radius 1 is 1.04 bits per heavy atom. The van der Waals surface area contributed by atoms with E-state index in [1.165, 1.54) is 0 Å². The molecule has 0 amide bonds. The molecule has 0 spiro atoms. The summed E-state index contributed by atoms with van der Waals surface area (Å²) >= 11 is 0. The maximum atomic E-state index is 5.93. The van der Waals surface area contributed by atoms with E-state index in [1.807, 2.05) is 25.1 Å². The van der Waals surface area contributed by atoms with E-state index in [0.717, 1.165) is 68.0 Å². The lowest BCUT2D eigenvalue weighted by atomic mass is 10.1. The third kappa shape index (κ3) is 3.87. The van der Waals surface area contributed by atoms with Crippen molar-refractivity contribution in [2.24, 2.45) is 0 Å². The molecule has 3 heterocycles. The van der Waals surface area contributed by atoms with Gasteiger partial charge in [0.25, 0.3) is 0 Å². The molecular formula is C20H26N2O4. The lowest BCUT2D eigenvalue weighted by Gasteiger charge is -2.33. The van der Waals surface area contributed by atoms with Gasteiger partial charge in [0.2, 0.25) is 0 Å². The highest BCUT2D eigenvalue weighted by Crippen LogP contribution is 2.33. The van der Waals surface area contributed by atoms with E-state index in [2.05, 4.69) is 22.3 Å². The zero-order chi connectivity index (χ0) is 17.8. The number of morpholine rings is 1. The second-order valence-corrected chi connectivity index (χ2v) is 6.68. The van der Waals surface area contributed by atoms with E-state index in [-0.39, 0.29) is 6.04 Å². The first-order valence-corrected chi connectivity index (χ1v) is 9.27. The van der Waals surface area contributed by atoms with Gasteiger partial charge in [-0.25, -0.2) is 0 Å². The van der Waals surface area contributed by atoms with E-state index < -0.39 is 0 Å². The zero-order valence-electron chi connectivity index (χ0n) is 15.2. The Hall–Kier alpha value is -2.02. The van der Waals surface area contributed by atoms with Crippen LogP contribution in [0.2, 0.25) is 0 Å². The largest absolute Gasteiger partial charge is 0.486 e. The predicted molar refractivity (Wildman–Crippen MR) is 97.7 cm³/mol. The summed E-state index contributed by atoms with van der Waals surface area (Å²) in [6, 6.07) is 10.4. The summed E-state index contributed by atoms with van der Waals surface area (Å²) < 4.78 is 22.9. The summed E-state index contributed by atoms with van der Waals surface area (Å²) in [4.78, 5) is 2.43. The van der Waals surface area contributed by atoms with Crippen LogP contribution in [0.5, 0.6) is 11.5 Å². The Kier molecular flexibility index (Phi) is 5.43. The minimum atomic E-state index is 0.198. The minimum absolute atomic E-state index is 0.198. The Morgan fingerprint density at radius 3 is 2.69 bits per heavy atom. The summed E-state index contributed by atoms with van der Waals surface area (Å²) in [7, 11) is 0. The second kappa shape index (κ2) is 8.12. The van der Waals surface area contributed by atoms with E-state index in [9.17, 15) is 0 Å². The highest BCUT2D eigenvalue weighted by Gasteiger charge is 2.25. The number of aryl methyl sites for hydroxylation is 1. The number of nitrogens with one attached hydrogen (secondary N) is 1. The molecule has 1 unspecified atom stereocenters. The van der Waals surface area contributed by atoms with Crippen LogP contribution >= 0.6 is 0 Å². The summed E-state index contributed by atoms with van der Waals surface area (Å²) in [6.07, 6.45) is 0. The SMILES string of the molecule is Cc1ccc(C(CNCc2cccc3c2OCCO3)N2CCOCC2)o1. The smallest absolute Gasteiger partial charge is 0.165 e. The van der Waals surface area contributed by atoms with E-state index in [0.29, 0.717) is 13.2 Å². The van der Waals surface area contributed by atoms with Crippen LogP contribution < -0.4 is 14.8 Å². The topological polar surface area (TPSA) is 56.1 Å². The minimum Gasteiger partial charge on any atom is -0.486 e. The molecule has 6 nitrogen and oxygen atoms in total. The van der Waals surface area contributed by atoms with Gasteiger partial charge in [0.05, 0.1) is 19.3 Å². The molecule has 1 saturated heterocycles. The summed E-state index contributed by atoms with van der Waals surface area (Å²) in [6.45, 7) is 8.12. The van der Waals surface area contributed by atoms with Crippen molar-refractivity contribution < 1.29 is 18.6 Å². The first-order chi connectivity index (χ1) is 12.8. The number of para-hydroxylation sites is 1. The molecule has 1 N–H and O–H groups in total. The van der Waals surface area contributed by atoms with Gasteiger partial charge in [-0.3, -0.25) is 4.90 Å². The van der Waals surface area contributed by atoms with Crippen LogP contribution in [0, 0.1) is 6.92 Å². The van der Waals surface area contributed by atoms with Gasteiger partial charge in [-0.15, -0.1) is 0 Å². The Morgan fingerprint density at radius 2 is 1.88 bits per heavy atom. The molecule has 0 aliphatic carbocycles. The lowest BCUT2D eigenvalue weighted by Crippen LogP contribution is -2.42. The van der Waals surface area contributed by atoms with Gasteiger partial charge in [0.1, 0.15) is 24.7 Å². The van der Waals surface area contributed by atoms with Gasteiger partial charge in [0.15, 0.2) is 11.5 Å². The molecule has 1 aromatic carbocycles. The molecule has 1 atom stereocenters. The van der Waals surface area contributed by atoms with Crippen molar-refractivity contribution in [1.82, 2.24) is 10.2 Å². The lowest BCUT2D eigenvalue weighted by molar-refractivity contribution is 0.0115. The molecule has 6 heteroatoms. The molecule has 1 aromatic heterocycles. The van der Waals surface area contributed by atoms with Crippen LogP contribution in [-0.2, 0) is 11.3 Å². The van der Waals surface area contributed by atoms with Gasteiger partial charge in [-0.05, 0) is 25.1 Å². The first kappa shape index (κ1) is 17.4. The number of rotatable bonds is 6. The normalized spacial score (nSPS) is 18.7. The fraction of sp³-hybridized carbons (Fsp3) is 0.500. The molecule has 0 bridgehead atoms. The van der Waals surface area contributed by atoms with E-state index in [4.69, 9.17) is 18.6 Å². The zero-order valence-corrected chi connectivity index (χ0v) is 15.2. The number of furan rings is 1. The molecule has 2 aromatic rings. The van der Waals surface area contributed by atoms with Crippen molar-refractivity contribution >= 4 is 0 Å². The summed E-state index contributed by atoms with van der Waals surface area (Å²) in [5, 5.41) is 3.58. The molecule has 140 valence electrons. The van der Waals surface area contributed by atoms with Crippen molar-refractivity contribution in [3.05, 3.63) is 47.4 Å². The molecule has 26 heavy (non-hydrogen) atoms. The van der Waals surface area contributed by atoms with Crippen molar-refractivity contribution in [2.75, 3.05) is 46.1 Å². The molecular weight excluding hydrogens is 332 g/mol. The van der Waals surface area contributed by atoms with Gasteiger partial charge >= 0.3 is 0 Å². The summed E-state index contributed by atoms with van der Waals surface area (Å²) in [5.41, 5.74) is 1.12. The third-order valence-electron chi connectivity index (χ3n) is 4.88. The Labute approximate surface area is 154 Å². The standard InChI is InChI=1S/C20H26N2O4/c1-15-5-6-18(26-15)17(22-7-9-23-10-8-22)14-21-13-16-3-2-4-19-20(16)25-12-11-24-19/h2-6,17,21H,7-14H2,1H3. The fourth-order valence-corrected chi connectivity index (χ4v) is 3.55. The van der Waals surface area contributed by atoms with Crippen molar-refractivity contribution in [3.8, 4) is 11.5 Å². The van der Waals surface area contributed by atoms with Crippen molar-refractivity contribution in [2.45, 2.75) is 19.5 Å². The monoisotopic (exact) mass is 358 g/mol. The second-order valence-electron chi connectivity index (χ2n) is 6.68. The number of nitrogens with zero attached hydrogens (tertiary/aromatic N) is 1. The van der Waals surface area contributed by atoms with E-state index >= 15 is 0 Å². The number of hydrogen-bond acceptors (Lipinski definition) is 6. The maximum absolute atomic E-state index is 5.93. The van der Waals surface area contributed by atoms with Gasteiger partial charge in [-0.2, -0.15) is 0 Å². The Balaban J connectivity index is 1.43. The maximum Gasteiger partial charge on any atom is 0.165 e. The van der Waals surface area contributed by atoms with E-state index in [1.54, 1.807) is 0 Å². The van der Waals surface area contributed by atoms with Crippen LogP contribution in [-0.4, -0.2) is 51.0 Å². The average Bonchev–Trinajstić information content (AvgIpc) is 3.12. The van der Waals surface area contributed by atoms with Crippen molar-refractivity contribution in [1.29, 1.82) is 0 Å². The highest BCUT2D eigenvalue weighted by atomic mass is 16.6. The number of fused-ring (bicyclic) bond motifs is 1. The quantitative estimate of drug-likeness (QED) is 0.856. The van der Waals surface area contributed by atoms with Crippen molar-refractivity contribution in [3.63, 3.8) is 0 Å². The number of ether oxygens (including phenoxy) is 3. The van der Waals surface area contributed by atoms with Gasteiger partial charge < -0.3 is 23.9 Å². The van der Waals surface area contributed by atoms with Crippen LogP contribution in [0.3, 0.4) is 0 Å². The average molecular weight is 358 g/mol.